The number of unbranched alkanes of at least 4 members (excludes halogenated alkanes) is 4. The first-order chi connectivity index (χ1) is 10.6. The van der Waals surface area contributed by atoms with Crippen molar-refractivity contribution in [1.82, 2.24) is 0 Å². The van der Waals surface area contributed by atoms with E-state index in [0.29, 0.717) is 18.1 Å². The molecule has 0 aliphatic rings. The minimum absolute atomic E-state index is 0.0895. The van der Waals surface area contributed by atoms with E-state index in [1.807, 2.05) is 0 Å². The first-order valence-corrected chi connectivity index (χ1v) is 7.72. The Kier molecular flexibility index (Phi) is 8.04. The number of nitrogens with zero attached hydrogens (tertiary/aromatic N) is 1. The smallest absolute Gasteiger partial charge is 0.243 e. The number of nitro groups is 1. The Hall–Kier alpha value is -2.04. The van der Waals surface area contributed by atoms with Crippen LogP contribution in [-0.4, -0.2) is 18.6 Å². The van der Waals surface area contributed by atoms with Gasteiger partial charge in [-0.25, -0.2) is 0 Å². The maximum Gasteiger partial charge on any atom is 0.243 e. The van der Waals surface area contributed by atoms with Gasteiger partial charge in [0.15, 0.2) is 11.5 Å². The fraction of sp³-hybridized carbons (Fsp3) is 0.529. The molecule has 5 nitrogen and oxygen atoms in total. The Morgan fingerprint density at radius 1 is 1.23 bits per heavy atom. The molecule has 0 atom stereocenters. The van der Waals surface area contributed by atoms with Gasteiger partial charge in [-0.2, -0.15) is 0 Å². The van der Waals surface area contributed by atoms with E-state index in [1.165, 1.54) is 38.7 Å². The zero-order chi connectivity index (χ0) is 16.4. The number of ether oxygens (including phenoxy) is 2. The molecule has 0 saturated carbocycles. The lowest BCUT2D eigenvalue weighted by Gasteiger charge is -2.11. The molecule has 5 heteroatoms. The maximum absolute atomic E-state index is 10.7. The first kappa shape index (κ1) is 18.0. The Labute approximate surface area is 132 Å². The van der Waals surface area contributed by atoms with Crippen molar-refractivity contribution < 1.29 is 14.4 Å². The fourth-order valence-electron chi connectivity index (χ4n) is 2.07. The normalized spacial score (nSPS) is 11.3. The lowest BCUT2D eigenvalue weighted by molar-refractivity contribution is -0.422. The lowest BCUT2D eigenvalue weighted by atomic mass is 10.1. The second-order valence-corrected chi connectivity index (χ2v) is 5.22. The van der Waals surface area contributed by atoms with Crippen molar-refractivity contribution in [3.8, 4) is 11.5 Å². The number of allylic oxidation sites excluding steroid dienone is 1. The molecule has 0 amide bonds. The summed E-state index contributed by atoms with van der Waals surface area (Å²) < 4.78 is 11.0. The van der Waals surface area contributed by atoms with Crippen molar-refractivity contribution in [2.24, 2.45) is 0 Å². The molecular formula is C17H25NO4. The minimum Gasteiger partial charge on any atom is -0.493 e. The minimum atomic E-state index is -0.410. The van der Waals surface area contributed by atoms with Gasteiger partial charge in [-0.05, 0) is 24.1 Å². The zero-order valence-corrected chi connectivity index (χ0v) is 13.6. The molecule has 122 valence electrons. The SMILES string of the molecule is CCCCCCCOc1ccc(C=C(C)[N+](=O)[O-])cc1OC. The van der Waals surface area contributed by atoms with Crippen molar-refractivity contribution >= 4 is 6.08 Å². The van der Waals surface area contributed by atoms with E-state index in [2.05, 4.69) is 6.92 Å². The second-order valence-electron chi connectivity index (χ2n) is 5.22. The Bertz CT molecular complexity index is 511. The van der Waals surface area contributed by atoms with E-state index in [1.54, 1.807) is 25.3 Å². The number of rotatable bonds is 10. The lowest BCUT2D eigenvalue weighted by Crippen LogP contribution is -2.00. The number of hydrogen-bond acceptors (Lipinski definition) is 4. The molecule has 0 aliphatic carbocycles. The van der Waals surface area contributed by atoms with Crippen LogP contribution in [0.5, 0.6) is 11.5 Å². The summed E-state index contributed by atoms with van der Waals surface area (Å²) in [7, 11) is 1.57. The molecule has 0 saturated heterocycles. The van der Waals surface area contributed by atoms with Gasteiger partial charge >= 0.3 is 0 Å². The molecule has 0 fully saturated rings. The molecule has 0 aliphatic heterocycles. The van der Waals surface area contributed by atoms with E-state index >= 15 is 0 Å². The fourth-order valence-corrected chi connectivity index (χ4v) is 2.07. The van der Waals surface area contributed by atoms with Gasteiger partial charge in [0.2, 0.25) is 5.70 Å². The maximum atomic E-state index is 10.7. The Morgan fingerprint density at radius 3 is 2.59 bits per heavy atom. The third-order valence-electron chi connectivity index (χ3n) is 3.36. The van der Waals surface area contributed by atoms with Crippen LogP contribution in [0.15, 0.2) is 23.9 Å². The highest BCUT2D eigenvalue weighted by molar-refractivity contribution is 5.56. The Balaban J connectivity index is 2.61. The van der Waals surface area contributed by atoms with Crippen molar-refractivity contribution in [2.75, 3.05) is 13.7 Å². The van der Waals surface area contributed by atoms with Crippen LogP contribution in [0.1, 0.15) is 51.5 Å². The molecule has 0 N–H and O–H groups in total. The average molecular weight is 307 g/mol. The summed E-state index contributed by atoms with van der Waals surface area (Å²) in [5.74, 6) is 1.27. The van der Waals surface area contributed by atoms with Crippen LogP contribution < -0.4 is 9.47 Å². The monoisotopic (exact) mass is 307 g/mol. The van der Waals surface area contributed by atoms with E-state index < -0.39 is 4.92 Å². The van der Waals surface area contributed by atoms with Crippen molar-refractivity contribution in [1.29, 1.82) is 0 Å². The van der Waals surface area contributed by atoms with Gasteiger partial charge in [-0.15, -0.1) is 0 Å². The van der Waals surface area contributed by atoms with E-state index in [-0.39, 0.29) is 5.70 Å². The predicted octanol–water partition coefficient (Wildman–Crippen LogP) is 4.68. The van der Waals surface area contributed by atoms with Gasteiger partial charge in [-0.3, -0.25) is 10.1 Å². The van der Waals surface area contributed by atoms with Crippen molar-refractivity contribution in [3.63, 3.8) is 0 Å². The molecule has 1 aromatic carbocycles. The van der Waals surface area contributed by atoms with Crippen molar-refractivity contribution in [3.05, 3.63) is 39.6 Å². The number of hydrogen-bond donors (Lipinski definition) is 0. The van der Waals surface area contributed by atoms with E-state index in [9.17, 15) is 10.1 Å². The van der Waals surface area contributed by atoms with Crippen LogP contribution in [0.2, 0.25) is 0 Å². The summed E-state index contributed by atoms with van der Waals surface area (Å²) in [5, 5.41) is 10.7. The van der Waals surface area contributed by atoms with Crippen LogP contribution in [0, 0.1) is 10.1 Å². The molecule has 22 heavy (non-hydrogen) atoms. The molecule has 0 spiro atoms. The summed E-state index contributed by atoms with van der Waals surface area (Å²) in [6, 6.07) is 5.34. The molecule has 1 aromatic rings. The van der Waals surface area contributed by atoms with Crippen molar-refractivity contribution in [2.45, 2.75) is 46.0 Å². The van der Waals surface area contributed by atoms with Gasteiger partial charge in [-0.1, -0.05) is 38.7 Å². The van der Waals surface area contributed by atoms with E-state index in [0.717, 1.165) is 12.0 Å². The molecule has 0 aromatic heterocycles. The van der Waals surface area contributed by atoms with Gasteiger partial charge in [0, 0.05) is 13.0 Å². The summed E-state index contributed by atoms with van der Waals surface area (Å²) in [6.45, 7) is 4.31. The molecule has 0 heterocycles. The highest BCUT2D eigenvalue weighted by Crippen LogP contribution is 2.29. The summed E-state index contributed by atoms with van der Waals surface area (Å²) in [5.41, 5.74) is 0.813. The number of benzene rings is 1. The molecule has 0 bridgehead atoms. The van der Waals surface area contributed by atoms with Crippen LogP contribution >= 0.6 is 0 Å². The predicted molar refractivity (Wildman–Crippen MR) is 87.9 cm³/mol. The standard InChI is InChI=1S/C17H25NO4/c1-4-5-6-7-8-11-22-16-10-9-15(13-17(16)21-3)12-14(2)18(19)20/h9-10,12-13H,4-8,11H2,1-3H3. The Morgan fingerprint density at radius 2 is 1.95 bits per heavy atom. The van der Waals surface area contributed by atoms with Crippen LogP contribution in [0.3, 0.4) is 0 Å². The van der Waals surface area contributed by atoms with Gasteiger partial charge in [0.1, 0.15) is 0 Å². The summed E-state index contributed by atoms with van der Waals surface area (Å²) in [4.78, 5) is 10.2. The molecular weight excluding hydrogens is 282 g/mol. The third-order valence-corrected chi connectivity index (χ3v) is 3.36. The average Bonchev–Trinajstić information content (AvgIpc) is 2.51. The third kappa shape index (κ3) is 6.16. The van der Waals surface area contributed by atoms with Crippen LogP contribution in [0.25, 0.3) is 6.08 Å². The first-order valence-electron chi connectivity index (χ1n) is 7.72. The van der Waals surface area contributed by atoms with Gasteiger partial charge in [0.05, 0.1) is 18.6 Å². The molecule has 1 rings (SSSR count). The highest BCUT2D eigenvalue weighted by atomic mass is 16.6. The quantitative estimate of drug-likeness (QED) is 0.357. The van der Waals surface area contributed by atoms with Gasteiger partial charge < -0.3 is 9.47 Å². The second kappa shape index (κ2) is 9.82. The van der Waals surface area contributed by atoms with E-state index in [4.69, 9.17) is 9.47 Å². The molecule has 0 radical (unpaired) electrons. The zero-order valence-electron chi connectivity index (χ0n) is 13.6. The largest absolute Gasteiger partial charge is 0.493 e. The van der Waals surface area contributed by atoms with Crippen LogP contribution in [0.4, 0.5) is 0 Å². The summed E-state index contributed by atoms with van der Waals surface area (Å²) >= 11 is 0. The summed E-state index contributed by atoms with van der Waals surface area (Å²) in [6.07, 6.45) is 7.43. The number of methoxy groups -OCH3 is 1. The van der Waals surface area contributed by atoms with Crippen LogP contribution in [-0.2, 0) is 0 Å². The highest BCUT2D eigenvalue weighted by Gasteiger charge is 2.07. The molecule has 0 unspecified atom stereocenters. The van der Waals surface area contributed by atoms with Gasteiger partial charge in [0.25, 0.3) is 0 Å². The topological polar surface area (TPSA) is 61.6 Å².